The van der Waals surface area contributed by atoms with Gasteiger partial charge in [-0.2, -0.15) is 0 Å². The quantitative estimate of drug-likeness (QED) is 0.574. The maximum Gasteiger partial charge on any atom is 0.0488 e. The first-order valence-electron chi connectivity index (χ1n) is 4.04. The zero-order valence-corrected chi connectivity index (χ0v) is 9.26. The van der Waals surface area contributed by atoms with Gasteiger partial charge in [0.05, 0.1) is 0 Å². The van der Waals surface area contributed by atoms with Crippen molar-refractivity contribution in [2.24, 2.45) is 0 Å². The number of anilines is 1. The van der Waals surface area contributed by atoms with E-state index < -0.39 is 0 Å². The van der Waals surface area contributed by atoms with E-state index in [1.165, 1.54) is 20.5 Å². The van der Waals surface area contributed by atoms with Gasteiger partial charge in [-0.1, -0.05) is 0 Å². The molecule has 0 saturated carbocycles. The summed E-state index contributed by atoms with van der Waals surface area (Å²) in [6, 6.07) is 4.30. The Balaban J connectivity index is 2.87. The van der Waals surface area contributed by atoms with E-state index >= 15 is 0 Å². The topological polar surface area (TPSA) is 26.0 Å². The van der Waals surface area contributed by atoms with E-state index in [4.69, 9.17) is 5.73 Å². The van der Waals surface area contributed by atoms with E-state index in [1.54, 1.807) is 23.1 Å². The van der Waals surface area contributed by atoms with Crippen molar-refractivity contribution in [3.63, 3.8) is 0 Å². The Hall–Kier alpha value is -0.670. The third kappa shape index (κ3) is 1.32. The number of thiophene rings is 1. The highest BCUT2D eigenvalue weighted by molar-refractivity contribution is 7.99. The van der Waals surface area contributed by atoms with Gasteiger partial charge in [-0.25, -0.2) is 0 Å². The molecule has 0 fully saturated rings. The molecule has 0 amide bonds. The van der Waals surface area contributed by atoms with Crippen molar-refractivity contribution < 1.29 is 0 Å². The maximum absolute atomic E-state index is 6.00. The van der Waals surface area contributed by atoms with Gasteiger partial charge in [-0.3, -0.25) is 0 Å². The highest BCUT2D eigenvalue weighted by Crippen LogP contribution is 2.36. The Labute approximate surface area is 85.9 Å². The molecule has 0 aliphatic carbocycles. The van der Waals surface area contributed by atoms with E-state index in [1.807, 2.05) is 0 Å². The summed E-state index contributed by atoms with van der Waals surface area (Å²) >= 11 is 3.50. The first-order chi connectivity index (χ1) is 6.24. The van der Waals surface area contributed by atoms with Crippen LogP contribution in [0.25, 0.3) is 10.1 Å². The largest absolute Gasteiger partial charge is 0.398 e. The minimum absolute atomic E-state index is 0.929. The molecule has 2 N–H and O–H groups in total. The Kier molecular flexibility index (Phi) is 2.22. The van der Waals surface area contributed by atoms with Crippen molar-refractivity contribution in [1.29, 1.82) is 0 Å². The lowest BCUT2D eigenvalue weighted by Crippen LogP contribution is -1.92. The maximum atomic E-state index is 6.00. The SMILES string of the molecule is CSc1c(N)c(C)cc2sccc12. The van der Waals surface area contributed by atoms with Gasteiger partial charge in [0, 0.05) is 20.7 Å². The molecule has 1 nitrogen and oxygen atoms in total. The highest BCUT2D eigenvalue weighted by atomic mass is 32.2. The third-order valence-corrected chi connectivity index (χ3v) is 3.87. The zero-order chi connectivity index (χ0) is 9.42. The number of hydrogen-bond donors (Lipinski definition) is 1. The lowest BCUT2D eigenvalue weighted by molar-refractivity contribution is 1.43. The van der Waals surface area contributed by atoms with Crippen LogP contribution in [0.3, 0.4) is 0 Å². The summed E-state index contributed by atoms with van der Waals surface area (Å²) in [5, 5.41) is 3.41. The van der Waals surface area contributed by atoms with Crippen LogP contribution >= 0.6 is 23.1 Å². The van der Waals surface area contributed by atoms with Crippen molar-refractivity contribution in [3.8, 4) is 0 Å². The number of nitrogen functional groups attached to an aromatic ring is 1. The molecular weight excluding hydrogens is 198 g/mol. The van der Waals surface area contributed by atoms with Crippen LogP contribution < -0.4 is 5.73 Å². The molecule has 2 aromatic rings. The van der Waals surface area contributed by atoms with Crippen LogP contribution in [0.4, 0.5) is 5.69 Å². The Morgan fingerprint density at radius 2 is 2.23 bits per heavy atom. The van der Waals surface area contributed by atoms with Gasteiger partial charge in [0.2, 0.25) is 0 Å². The Morgan fingerprint density at radius 3 is 2.92 bits per heavy atom. The number of fused-ring (bicyclic) bond motifs is 1. The molecule has 0 aliphatic heterocycles. The first kappa shape index (κ1) is 8.91. The Bertz CT molecular complexity index is 445. The molecule has 1 aromatic carbocycles. The molecule has 1 aromatic heterocycles. The molecular formula is C10H11NS2. The summed E-state index contributed by atoms with van der Waals surface area (Å²) in [5.41, 5.74) is 8.11. The minimum atomic E-state index is 0.929. The number of hydrogen-bond acceptors (Lipinski definition) is 3. The number of nitrogens with two attached hydrogens (primary N) is 1. The molecule has 0 spiro atoms. The Morgan fingerprint density at radius 1 is 1.46 bits per heavy atom. The normalized spacial score (nSPS) is 10.9. The van der Waals surface area contributed by atoms with Crippen LogP contribution in [-0.2, 0) is 0 Å². The summed E-state index contributed by atoms with van der Waals surface area (Å²) < 4.78 is 1.33. The van der Waals surface area contributed by atoms with E-state index in [9.17, 15) is 0 Å². The molecule has 0 unspecified atom stereocenters. The first-order valence-corrected chi connectivity index (χ1v) is 6.14. The standard InChI is InChI=1S/C10H11NS2/c1-6-5-8-7(3-4-13-8)10(12-2)9(6)11/h3-5H,11H2,1-2H3. The summed E-state index contributed by atoms with van der Waals surface area (Å²) in [6.07, 6.45) is 2.07. The summed E-state index contributed by atoms with van der Waals surface area (Å²) in [7, 11) is 0. The van der Waals surface area contributed by atoms with E-state index in [-0.39, 0.29) is 0 Å². The van der Waals surface area contributed by atoms with Crippen LogP contribution in [0, 0.1) is 6.92 Å². The van der Waals surface area contributed by atoms with Crippen molar-refractivity contribution in [2.75, 3.05) is 12.0 Å². The second-order valence-corrected chi connectivity index (χ2v) is 4.74. The summed E-state index contributed by atoms with van der Waals surface area (Å²) in [4.78, 5) is 1.22. The monoisotopic (exact) mass is 209 g/mol. The van der Waals surface area contributed by atoms with Gasteiger partial charge in [0.1, 0.15) is 0 Å². The molecule has 0 atom stereocenters. The number of aryl methyl sites for hydroxylation is 1. The smallest absolute Gasteiger partial charge is 0.0488 e. The van der Waals surface area contributed by atoms with Gasteiger partial charge in [-0.15, -0.1) is 23.1 Å². The lowest BCUT2D eigenvalue weighted by atomic mass is 10.1. The van der Waals surface area contributed by atoms with Gasteiger partial charge >= 0.3 is 0 Å². The van der Waals surface area contributed by atoms with Crippen molar-refractivity contribution >= 4 is 38.9 Å². The average Bonchev–Trinajstić information content (AvgIpc) is 2.54. The second-order valence-electron chi connectivity index (χ2n) is 2.97. The van der Waals surface area contributed by atoms with Crippen LogP contribution in [0.1, 0.15) is 5.56 Å². The molecule has 3 heteroatoms. The average molecular weight is 209 g/mol. The lowest BCUT2D eigenvalue weighted by Gasteiger charge is -2.07. The van der Waals surface area contributed by atoms with Gasteiger partial charge in [0.25, 0.3) is 0 Å². The molecule has 13 heavy (non-hydrogen) atoms. The van der Waals surface area contributed by atoms with Crippen LogP contribution in [-0.4, -0.2) is 6.26 Å². The summed E-state index contributed by atoms with van der Waals surface area (Å²) in [5.74, 6) is 0. The van der Waals surface area contributed by atoms with Gasteiger partial charge < -0.3 is 5.73 Å². The molecule has 0 radical (unpaired) electrons. The third-order valence-electron chi connectivity index (χ3n) is 2.16. The predicted molar refractivity (Wildman–Crippen MR) is 62.8 cm³/mol. The van der Waals surface area contributed by atoms with Crippen LogP contribution in [0.5, 0.6) is 0 Å². The fourth-order valence-electron chi connectivity index (χ4n) is 1.44. The van der Waals surface area contributed by atoms with Gasteiger partial charge in [0.15, 0.2) is 0 Å². The molecule has 0 bridgehead atoms. The van der Waals surface area contributed by atoms with Gasteiger partial charge in [-0.05, 0) is 36.3 Å². The summed E-state index contributed by atoms with van der Waals surface area (Å²) in [6.45, 7) is 2.06. The van der Waals surface area contributed by atoms with Crippen LogP contribution in [0.2, 0.25) is 0 Å². The molecule has 0 aliphatic rings. The number of thioether (sulfide) groups is 1. The highest BCUT2D eigenvalue weighted by Gasteiger charge is 2.07. The molecule has 2 rings (SSSR count). The minimum Gasteiger partial charge on any atom is -0.398 e. The predicted octanol–water partition coefficient (Wildman–Crippen LogP) is 3.51. The fourth-order valence-corrected chi connectivity index (χ4v) is 3.17. The molecule has 0 saturated heterocycles. The number of benzene rings is 1. The van der Waals surface area contributed by atoms with Crippen molar-refractivity contribution in [2.45, 2.75) is 11.8 Å². The second kappa shape index (κ2) is 3.24. The van der Waals surface area contributed by atoms with Crippen molar-refractivity contribution in [1.82, 2.24) is 0 Å². The number of rotatable bonds is 1. The van der Waals surface area contributed by atoms with E-state index in [0.717, 1.165) is 5.69 Å². The molecule has 1 heterocycles. The zero-order valence-electron chi connectivity index (χ0n) is 7.63. The van der Waals surface area contributed by atoms with Crippen molar-refractivity contribution in [3.05, 3.63) is 23.1 Å². The van der Waals surface area contributed by atoms with E-state index in [0.29, 0.717) is 0 Å². The molecule has 68 valence electrons. The van der Waals surface area contributed by atoms with Crippen LogP contribution in [0.15, 0.2) is 22.4 Å². The van der Waals surface area contributed by atoms with E-state index in [2.05, 4.69) is 30.7 Å². The fraction of sp³-hybridized carbons (Fsp3) is 0.200.